The van der Waals surface area contributed by atoms with Crippen LogP contribution in [0.3, 0.4) is 0 Å². The molecular weight excluding hydrogens is 382 g/mol. The molecule has 0 spiro atoms. The number of aromatic nitrogens is 2. The van der Waals surface area contributed by atoms with Crippen molar-refractivity contribution in [3.63, 3.8) is 0 Å². The second kappa shape index (κ2) is 10.7. The first-order valence-electron chi connectivity index (χ1n) is 10.6. The van der Waals surface area contributed by atoms with Gasteiger partial charge in [-0.25, -0.2) is 9.97 Å². The smallest absolute Gasteiger partial charge is 0.309 e. The van der Waals surface area contributed by atoms with Crippen LogP contribution in [0.5, 0.6) is 5.75 Å². The van der Waals surface area contributed by atoms with Crippen LogP contribution in [0.1, 0.15) is 39.5 Å². The van der Waals surface area contributed by atoms with Gasteiger partial charge in [0.25, 0.3) is 0 Å². The topological polar surface area (TPSA) is 103 Å². The summed E-state index contributed by atoms with van der Waals surface area (Å²) in [5.74, 6) is 1.92. The van der Waals surface area contributed by atoms with Crippen molar-refractivity contribution in [1.29, 1.82) is 0 Å². The standard InChI is InChI=1S/C22H31N5O3/c1-3-5-14-30-18-8-6-17(7-9-18)26-20-19(23)21(25-15-24-20)27-12-10-16(11-13-27)22(28)29-4-2/h6-9,15-16H,3-5,10-14,23H2,1-2H3,(H,24,25,26). The zero-order chi connectivity index (χ0) is 21.3. The molecule has 0 atom stereocenters. The summed E-state index contributed by atoms with van der Waals surface area (Å²) in [6.45, 7) is 6.51. The second-order valence-corrected chi connectivity index (χ2v) is 7.32. The number of unbranched alkanes of at least 4 members (excludes halogenated alkanes) is 1. The summed E-state index contributed by atoms with van der Waals surface area (Å²) in [5, 5.41) is 3.26. The van der Waals surface area contributed by atoms with Gasteiger partial charge in [0.15, 0.2) is 11.6 Å². The van der Waals surface area contributed by atoms with Gasteiger partial charge in [-0.05, 0) is 50.5 Å². The molecule has 2 aromatic rings. The number of piperidine rings is 1. The van der Waals surface area contributed by atoms with Gasteiger partial charge in [0.1, 0.15) is 17.8 Å². The van der Waals surface area contributed by atoms with Gasteiger partial charge in [-0.2, -0.15) is 0 Å². The number of benzene rings is 1. The monoisotopic (exact) mass is 413 g/mol. The molecule has 0 radical (unpaired) electrons. The Kier molecular flexibility index (Phi) is 7.70. The molecule has 8 heteroatoms. The number of nitrogens with two attached hydrogens (primary N) is 1. The first kappa shape index (κ1) is 21.7. The average Bonchev–Trinajstić information content (AvgIpc) is 2.77. The number of esters is 1. The van der Waals surface area contributed by atoms with E-state index in [1.165, 1.54) is 6.33 Å². The van der Waals surface area contributed by atoms with Gasteiger partial charge >= 0.3 is 5.97 Å². The summed E-state index contributed by atoms with van der Waals surface area (Å²) in [4.78, 5) is 22.7. The molecule has 2 heterocycles. The fraction of sp³-hybridized carbons (Fsp3) is 0.500. The molecule has 1 fully saturated rings. The maximum absolute atomic E-state index is 12.0. The third kappa shape index (κ3) is 5.52. The van der Waals surface area contributed by atoms with Crippen molar-refractivity contribution in [2.24, 2.45) is 5.92 Å². The summed E-state index contributed by atoms with van der Waals surface area (Å²) in [5.41, 5.74) is 7.74. The van der Waals surface area contributed by atoms with Crippen LogP contribution in [-0.4, -0.2) is 42.2 Å². The van der Waals surface area contributed by atoms with Crippen molar-refractivity contribution in [3.8, 4) is 5.75 Å². The van der Waals surface area contributed by atoms with Crippen molar-refractivity contribution in [2.45, 2.75) is 39.5 Å². The van der Waals surface area contributed by atoms with Crippen LogP contribution < -0.4 is 20.7 Å². The fourth-order valence-electron chi connectivity index (χ4n) is 3.43. The number of carbonyl (C=O) groups excluding carboxylic acids is 1. The molecular formula is C22H31N5O3. The molecule has 3 N–H and O–H groups in total. The summed E-state index contributed by atoms with van der Waals surface area (Å²) in [7, 11) is 0. The van der Waals surface area contributed by atoms with E-state index in [1.54, 1.807) is 0 Å². The molecule has 8 nitrogen and oxygen atoms in total. The maximum Gasteiger partial charge on any atom is 0.309 e. The van der Waals surface area contributed by atoms with Crippen molar-refractivity contribution < 1.29 is 14.3 Å². The lowest BCUT2D eigenvalue weighted by molar-refractivity contribution is -0.148. The minimum Gasteiger partial charge on any atom is -0.494 e. The predicted octanol–water partition coefficient (Wildman–Crippen LogP) is 3.76. The highest BCUT2D eigenvalue weighted by Gasteiger charge is 2.27. The minimum atomic E-state index is -0.114. The molecule has 162 valence electrons. The molecule has 0 unspecified atom stereocenters. The Morgan fingerprint density at radius 3 is 2.60 bits per heavy atom. The maximum atomic E-state index is 12.0. The Morgan fingerprint density at radius 1 is 1.20 bits per heavy atom. The fourth-order valence-corrected chi connectivity index (χ4v) is 3.43. The number of hydrogen-bond acceptors (Lipinski definition) is 8. The predicted molar refractivity (Wildman–Crippen MR) is 118 cm³/mol. The van der Waals surface area contributed by atoms with E-state index in [2.05, 4.69) is 27.1 Å². The molecule has 0 saturated carbocycles. The van der Waals surface area contributed by atoms with Crippen molar-refractivity contribution in [2.75, 3.05) is 42.3 Å². The van der Waals surface area contributed by atoms with E-state index < -0.39 is 0 Å². The molecule has 1 saturated heterocycles. The van der Waals surface area contributed by atoms with E-state index in [-0.39, 0.29) is 11.9 Å². The first-order chi connectivity index (χ1) is 14.6. The molecule has 0 amide bonds. The summed E-state index contributed by atoms with van der Waals surface area (Å²) >= 11 is 0. The lowest BCUT2D eigenvalue weighted by atomic mass is 9.97. The second-order valence-electron chi connectivity index (χ2n) is 7.32. The van der Waals surface area contributed by atoms with Gasteiger partial charge in [0.05, 0.1) is 19.1 Å². The van der Waals surface area contributed by atoms with E-state index in [1.807, 2.05) is 31.2 Å². The van der Waals surface area contributed by atoms with E-state index in [0.29, 0.717) is 37.0 Å². The zero-order valence-corrected chi connectivity index (χ0v) is 17.8. The molecule has 1 aromatic heterocycles. The number of ether oxygens (including phenoxy) is 2. The molecule has 0 aliphatic carbocycles. The number of carbonyl (C=O) groups is 1. The highest BCUT2D eigenvalue weighted by Crippen LogP contribution is 2.31. The lowest BCUT2D eigenvalue weighted by Crippen LogP contribution is -2.37. The van der Waals surface area contributed by atoms with Crippen LogP contribution >= 0.6 is 0 Å². The summed E-state index contributed by atoms with van der Waals surface area (Å²) in [6.07, 6.45) is 5.11. The number of nitrogens with zero attached hydrogens (tertiary/aromatic N) is 3. The highest BCUT2D eigenvalue weighted by molar-refractivity contribution is 5.79. The van der Waals surface area contributed by atoms with Crippen LogP contribution in [0.15, 0.2) is 30.6 Å². The van der Waals surface area contributed by atoms with Gasteiger partial charge in [-0.1, -0.05) is 13.3 Å². The molecule has 1 aromatic carbocycles. The summed E-state index contributed by atoms with van der Waals surface area (Å²) in [6, 6.07) is 7.73. The van der Waals surface area contributed by atoms with Crippen LogP contribution in [0.4, 0.5) is 23.0 Å². The van der Waals surface area contributed by atoms with E-state index in [0.717, 1.165) is 43.7 Å². The average molecular weight is 414 g/mol. The Hall–Kier alpha value is -3.03. The van der Waals surface area contributed by atoms with Crippen LogP contribution in [0, 0.1) is 5.92 Å². The molecule has 30 heavy (non-hydrogen) atoms. The lowest BCUT2D eigenvalue weighted by Gasteiger charge is -2.32. The van der Waals surface area contributed by atoms with Gasteiger partial charge in [-0.15, -0.1) is 0 Å². The number of rotatable bonds is 9. The Labute approximate surface area is 177 Å². The third-order valence-electron chi connectivity index (χ3n) is 5.16. The molecule has 3 rings (SSSR count). The number of anilines is 4. The Bertz CT molecular complexity index is 820. The number of hydrogen-bond donors (Lipinski definition) is 2. The van der Waals surface area contributed by atoms with Gasteiger partial charge in [-0.3, -0.25) is 4.79 Å². The quantitative estimate of drug-likeness (QED) is 0.473. The first-order valence-corrected chi connectivity index (χ1v) is 10.6. The third-order valence-corrected chi connectivity index (χ3v) is 5.16. The minimum absolute atomic E-state index is 0.0556. The van der Waals surface area contributed by atoms with Crippen molar-refractivity contribution in [1.82, 2.24) is 9.97 Å². The SMILES string of the molecule is CCCCOc1ccc(Nc2ncnc(N3CCC(C(=O)OCC)CC3)c2N)cc1. The van der Waals surface area contributed by atoms with Crippen LogP contribution in [0.2, 0.25) is 0 Å². The summed E-state index contributed by atoms with van der Waals surface area (Å²) < 4.78 is 10.8. The van der Waals surface area contributed by atoms with Crippen molar-refractivity contribution >= 4 is 29.0 Å². The van der Waals surface area contributed by atoms with E-state index in [9.17, 15) is 4.79 Å². The van der Waals surface area contributed by atoms with Gasteiger partial charge in [0.2, 0.25) is 0 Å². The Morgan fingerprint density at radius 2 is 1.93 bits per heavy atom. The Balaban J connectivity index is 1.62. The number of nitrogen functional groups attached to an aromatic ring is 1. The largest absolute Gasteiger partial charge is 0.494 e. The van der Waals surface area contributed by atoms with E-state index >= 15 is 0 Å². The highest BCUT2D eigenvalue weighted by atomic mass is 16.5. The van der Waals surface area contributed by atoms with Crippen LogP contribution in [-0.2, 0) is 9.53 Å². The zero-order valence-electron chi connectivity index (χ0n) is 17.8. The van der Waals surface area contributed by atoms with Gasteiger partial charge in [0, 0.05) is 18.8 Å². The van der Waals surface area contributed by atoms with Crippen molar-refractivity contribution in [3.05, 3.63) is 30.6 Å². The van der Waals surface area contributed by atoms with Gasteiger partial charge < -0.3 is 25.4 Å². The molecule has 1 aliphatic heterocycles. The van der Waals surface area contributed by atoms with Crippen LogP contribution in [0.25, 0.3) is 0 Å². The number of nitrogens with one attached hydrogen (secondary N) is 1. The van der Waals surface area contributed by atoms with E-state index in [4.69, 9.17) is 15.2 Å². The molecule has 1 aliphatic rings. The molecule has 0 bridgehead atoms. The normalized spacial score (nSPS) is 14.4.